The molecule has 5 rings (SSSR count). The largest absolute Gasteiger partial charge is 0.459 e. The maximum Gasteiger partial charge on any atom is 0.437 e. The van der Waals surface area contributed by atoms with Crippen LogP contribution in [0.15, 0.2) is 96.0 Å². The van der Waals surface area contributed by atoms with E-state index in [1.807, 2.05) is 91.0 Å². The molecule has 3 amide bonds. The first kappa shape index (κ1) is 31.2. The number of carbonyl (C=O) groups excluding carboxylic acids is 4. The van der Waals surface area contributed by atoms with Gasteiger partial charge in [-0.25, -0.2) is 14.4 Å². The number of ether oxygens (including phenoxy) is 3. The van der Waals surface area contributed by atoms with E-state index >= 15 is 0 Å². The second kappa shape index (κ2) is 15.5. The first-order valence-corrected chi connectivity index (χ1v) is 15.0. The zero-order valence-corrected chi connectivity index (χ0v) is 24.8. The number of likely N-dealkylation sites (tertiary alicyclic amines) is 1. The second-order valence-corrected chi connectivity index (χ2v) is 11.0. The van der Waals surface area contributed by atoms with E-state index in [4.69, 9.17) is 14.2 Å². The number of piperidine rings is 1. The van der Waals surface area contributed by atoms with Gasteiger partial charge in [0.05, 0.1) is 5.92 Å². The minimum Gasteiger partial charge on any atom is -0.459 e. The highest BCUT2D eigenvalue weighted by molar-refractivity contribution is 5.99. The summed E-state index contributed by atoms with van der Waals surface area (Å²) in [6.07, 6.45) is 0.337. The predicted molar refractivity (Wildman–Crippen MR) is 164 cm³/mol. The van der Waals surface area contributed by atoms with Gasteiger partial charge in [0.15, 0.2) is 0 Å². The summed E-state index contributed by atoms with van der Waals surface area (Å²) in [5, 5.41) is 5.29. The molecule has 45 heavy (non-hydrogen) atoms. The summed E-state index contributed by atoms with van der Waals surface area (Å²) in [6.45, 7) is 1.11. The first-order valence-electron chi connectivity index (χ1n) is 15.0. The van der Waals surface area contributed by atoms with Crippen LogP contribution < -0.4 is 10.6 Å². The van der Waals surface area contributed by atoms with Crippen molar-refractivity contribution in [1.82, 2.24) is 15.5 Å². The highest BCUT2D eigenvalue weighted by Crippen LogP contribution is 2.30. The number of guanidine groups is 1. The molecule has 0 aliphatic carbocycles. The number of hydrogen-bond donors (Lipinski definition) is 2. The summed E-state index contributed by atoms with van der Waals surface area (Å²) in [5.41, 5.74) is 2.47. The van der Waals surface area contributed by atoms with Crippen LogP contribution in [0.3, 0.4) is 0 Å². The Morgan fingerprint density at radius 2 is 1.36 bits per heavy atom. The molecule has 1 unspecified atom stereocenters. The smallest absolute Gasteiger partial charge is 0.437 e. The van der Waals surface area contributed by atoms with Gasteiger partial charge in [0.25, 0.3) is 0 Å². The summed E-state index contributed by atoms with van der Waals surface area (Å²) in [4.78, 5) is 56.6. The van der Waals surface area contributed by atoms with Gasteiger partial charge in [-0.1, -0.05) is 91.0 Å². The number of alkyl carbamates (subject to hydrolysis) is 1. The third-order valence-electron chi connectivity index (χ3n) is 7.75. The molecule has 3 aromatic rings. The SMILES string of the molecule is O=C(N=C(NC(=O)OCc1ccccc1)N1CCC[C@H](C[C@H]2C(=O)NC2C(=O)OCc2ccccc2)C1)OCc1ccccc1. The van der Waals surface area contributed by atoms with E-state index in [0.717, 1.165) is 29.5 Å². The van der Waals surface area contributed by atoms with Crippen molar-refractivity contribution in [3.63, 3.8) is 0 Å². The molecule has 2 saturated heterocycles. The Kier molecular flexibility index (Phi) is 10.8. The summed E-state index contributed by atoms with van der Waals surface area (Å²) in [6, 6.07) is 27.0. The molecule has 0 bridgehead atoms. The zero-order valence-electron chi connectivity index (χ0n) is 24.8. The maximum absolute atomic E-state index is 12.8. The quantitative estimate of drug-likeness (QED) is 0.118. The molecule has 2 aliphatic heterocycles. The number of β-lactam (4-membered cyclic amide) rings is 1. The Hall–Kier alpha value is -5.19. The van der Waals surface area contributed by atoms with Gasteiger partial charge >= 0.3 is 18.2 Å². The van der Waals surface area contributed by atoms with Crippen molar-refractivity contribution in [2.75, 3.05) is 13.1 Å². The fraction of sp³-hybridized carbons (Fsp3) is 0.324. The van der Waals surface area contributed by atoms with E-state index in [1.165, 1.54) is 0 Å². The molecule has 0 saturated carbocycles. The standard InChI is InChI=1S/C34H36N4O7/c39-30-28(29(35-30)31(40)43-21-24-11-4-1-5-12-24)19-27-17-10-18-38(20-27)32(36-33(41)44-22-25-13-6-2-7-14-25)37-34(42)45-23-26-15-8-3-9-16-26/h1-9,11-16,27-29H,10,17-23H2,(H,35,39)(H,36,37,41,42)/t27-,28-,29?/m1/s1. The van der Waals surface area contributed by atoms with Gasteiger partial charge in [0.1, 0.15) is 25.9 Å². The van der Waals surface area contributed by atoms with Crippen LogP contribution in [0.4, 0.5) is 9.59 Å². The van der Waals surface area contributed by atoms with Crippen LogP contribution in [0.5, 0.6) is 0 Å². The maximum atomic E-state index is 12.8. The summed E-state index contributed by atoms with van der Waals surface area (Å²) in [5.74, 6) is -1.20. The molecule has 2 aliphatic rings. The van der Waals surface area contributed by atoms with E-state index in [-0.39, 0.29) is 37.6 Å². The van der Waals surface area contributed by atoms with Crippen LogP contribution in [-0.4, -0.2) is 54.1 Å². The predicted octanol–water partition coefficient (Wildman–Crippen LogP) is 4.57. The number of aliphatic imine (C=N–C) groups is 1. The number of nitrogens with one attached hydrogen (secondary N) is 2. The first-order chi connectivity index (χ1) is 21.9. The van der Waals surface area contributed by atoms with Crippen molar-refractivity contribution in [1.29, 1.82) is 0 Å². The number of carbonyl (C=O) groups is 4. The molecule has 2 N–H and O–H groups in total. The number of esters is 1. The number of hydrogen-bond acceptors (Lipinski definition) is 7. The monoisotopic (exact) mass is 612 g/mol. The second-order valence-electron chi connectivity index (χ2n) is 11.0. The minimum atomic E-state index is -0.862. The average molecular weight is 613 g/mol. The van der Waals surface area contributed by atoms with E-state index in [0.29, 0.717) is 19.5 Å². The summed E-state index contributed by atoms with van der Waals surface area (Å²) >= 11 is 0. The van der Waals surface area contributed by atoms with Crippen LogP contribution in [-0.2, 0) is 43.6 Å². The molecule has 11 heteroatoms. The van der Waals surface area contributed by atoms with Gasteiger partial charge in [-0.05, 0) is 41.9 Å². The fourth-order valence-corrected chi connectivity index (χ4v) is 5.38. The lowest BCUT2D eigenvalue weighted by Gasteiger charge is -2.40. The van der Waals surface area contributed by atoms with Gasteiger partial charge in [-0.3, -0.25) is 10.1 Å². The van der Waals surface area contributed by atoms with Gasteiger partial charge in [-0.2, -0.15) is 0 Å². The van der Waals surface area contributed by atoms with E-state index < -0.39 is 30.1 Å². The molecule has 2 fully saturated rings. The van der Waals surface area contributed by atoms with Gasteiger partial charge in [0.2, 0.25) is 11.9 Å². The topological polar surface area (TPSA) is 136 Å². The number of amides is 3. The molecule has 0 spiro atoms. The van der Waals surface area contributed by atoms with Crippen LogP contribution in [0.2, 0.25) is 0 Å². The third-order valence-corrected chi connectivity index (χ3v) is 7.75. The lowest BCUT2D eigenvalue weighted by molar-refractivity contribution is -0.159. The number of rotatable bonds is 9. The van der Waals surface area contributed by atoms with Crippen molar-refractivity contribution in [2.24, 2.45) is 16.8 Å². The Morgan fingerprint density at radius 3 is 1.93 bits per heavy atom. The third kappa shape index (κ3) is 9.15. The zero-order chi connectivity index (χ0) is 31.4. The Bertz CT molecular complexity index is 1480. The molecular weight excluding hydrogens is 576 g/mol. The molecule has 11 nitrogen and oxygen atoms in total. The summed E-state index contributed by atoms with van der Waals surface area (Å²) < 4.78 is 16.2. The van der Waals surface area contributed by atoms with Crippen LogP contribution in [0.25, 0.3) is 0 Å². The lowest BCUT2D eigenvalue weighted by Crippen LogP contribution is -2.63. The summed E-state index contributed by atoms with van der Waals surface area (Å²) in [7, 11) is 0. The molecule has 0 aromatic heterocycles. The highest BCUT2D eigenvalue weighted by atomic mass is 16.6. The van der Waals surface area contributed by atoms with E-state index in [2.05, 4.69) is 15.6 Å². The highest BCUT2D eigenvalue weighted by Gasteiger charge is 2.46. The molecular formula is C34H36N4O7. The van der Waals surface area contributed by atoms with Crippen molar-refractivity contribution in [3.8, 4) is 0 Å². The van der Waals surface area contributed by atoms with Crippen LogP contribution in [0, 0.1) is 11.8 Å². The average Bonchev–Trinajstić information content (AvgIpc) is 3.08. The number of benzene rings is 3. The molecule has 2 heterocycles. The normalized spacial score (nSPS) is 19.5. The van der Waals surface area contributed by atoms with Crippen molar-refractivity contribution in [2.45, 2.75) is 45.1 Å². The van der Waals surface area contributed by atoms with E-state index in [1.54, 1.807) is 4.90 Å². The Balaban J connectivity index is 1.21. The molecule has 3 atom stereocenters. The lowest BCUT2D eigenvalue weighted by atomic mass is 9.80. The van der Waals surface area contributed by atoms with Crippen LogP contribution >= 0.6 is 0 Å². The minimum absolute atomic E-state index is 0.00713. The Morgan fingerprint density at radius 1 is 0.800 bits per heavy atom. The Labute approximate surface area is 261 Å². The number of nitrogens with zero attached hydrogens (tertiary/aromatic N) is 2. The van der Waals surface area contributed by atoms with E-state index in [9.17, 15) is 19.2 Å². The van der Waals surface area contributed by atoms with Crippen molar-refractivity contribution in [3.05, 3.63) is 108 Å². The van der Waals surface area contributed by atoms with Gasteiger partial charge < -0.3 is 24.4 Å². The molecule has 3 aromatic carbocycles. The van der Waals surface area contributed by atoms with Gasteiger partial charge in [0, 0.05) is 13.1 Å². The van der Waals surface area contributed by atoms with Gasteiger partial charge in [-0.15, -0.1) is 4.99 Å². The molecule has 234 valence electrons. The fourth-order valence-electron chi connectivity index (χ4n) is 5.38. The van der Waals surface area contributed by atoms with Crippen molar-refractivity contribution < 1.29 is 33.4 Å². The van der Waals surface area contributed by atoms with Crippen LogP contribution in [0.1, 0.15) is 36.0 Å². The molecule has 0 radical (unpaired) electrons. The van der Waals surface area contributed by atoms with Crippen molar-refractivity contribution >= 4 is 30.0 Å².